The molecule has 0 saturated carbocycles. The van der Waals surface area contributed by atoms with E-state index >= 15 is 0 Å². The molecule has 0 saturated heterocycles. The molecule has 0 fully saturated rings. The number of esters is 4. The summed E-state index contributed by atoms with van der Waals surface area (Å²) < 4.78 is 80.6. The predicted molar refractivity (Wildman–Crippen MR) is 457 cm³/mol. The number of aromatic nitrogens is 9. The van der Waals surface area contributed by atoms with Gasteiger partial charge in [-0.15, -0.1) is 56.7 Å². The van der Waals surface area contributed by atoms with Crippen molar-refractivity contribution in [1.29, 1.82) is 0 Å². The van der Waals surface area contributed by atoms with Gasteiger partial charge in [-0.25, -0.2) is 57.1 Å². The summed E-state index contributed by atoms with van der Waals surface area (Å²) >= 11 is 17.6. The third-order valence-corrected chi connectivity index (χ3v) is 23.0. The molecule has 42 heteroatoms. The van der Waals surface area contributed by atoms with E-state index in [1.165, 1.54) is 70.7 Å². The maximum Gasteiger partial charge on any atom is 0.361 e. The summed E-state index contributed by atoms with van der Waals surface area (Å²) in [7, 11) is -1.87. The molecule has 0 amide bonds. The smallest absolute Gasteiger partial charge is 0.361 e. The lowest BCUT2D eigenvalue weighted by Crippen LogP contribution is -2.15. The number of nitrogens with zero attached hydrogens (tertiary/aromatic N) is 9. The van der Waals surface area contributed by atoms with Gasteiger partial charge in [0.05, 0.1) is 115 Å². The fraction of sp³-hybridized carbons (Fsp3) is 0.473. The summed E-state index contributed by atoms with van der Waals surface area (Å²) in [6.07, 6.45) is 7.31. The van der Waals surface area contributed by atoms with Crippen LogP contribution < -0.4 is 11.5 Å². The molecule has 644 valence electrons. The number of oxazole rings is 1. The van der Waals surface area contributed by atoms with Gasteiger partial charge in [-0.3, -0.25) is 9.78 Å². The van der Waals surface area contributed by atoms with E-state index in [2.05, 4.69) is 58.4 Å². The molecule has 10 N–H and O–H groups in total. The van der Waals surface area contributed by atoms with Gasteiger partial charge >= 0.3 is 23.9 Å². The number of thiazole rings is 6. The topological polar surface area (TPSA) is 455 Å². The molecule has 11 rings (SSSR count). The number of rotatable bonds is 17. The van der Waals surface area contributed by atoms with E-state index in [1.807, 2.05) is 76.9 Å². The highest BCUT2D eigenvalue weighted by molar-refractivity contribution is 7.90. The number of aliphatic hydroxyl groups is 6. The van der Waals surface area contributed by atoms with Crippen LogP contribution in [0.25, 0.3) is 0 Å². The van der Waals surface area contributed by atoms with Crippen LogP contribution in [0.3, 0.4) is 0 Å². The van der Waals surface area contributed by atoms with Gasteiger partial charge in [0, 0.05) is 88.5 Å². The maximum absolute atomic E-state index is 12.8. The Hall–Kier alpha value is -7.43. The molecular formula is C74H104ClF2N11O18S10. The minimum atomic E-state index is -3.17. The van der Waals surface area contributed by atoms with Crippen LogP contribution in [0.4, 0.5) is 19.8 Å². The van der Waals surface area contributed by atoms with Gasteiger partial charge in [0.1, 0.15) is 10.1 Å². The number of aliphatic hydroxyl groups excluding tert-OH is 2. The highest BCUT2D eigenvalue weighted by atomic mass is 35.5. The molecule has 0 aliphatic rings. The first kappa shape index (κ1) is 107. The third kappa shape index (κ3) is 40.3. The quantitative estimate of drug-likeness (QED) is 0.0310. The number of sulfone groups is 1. The van der Waals surface area contributed by atoms with Crippen molar-refractivity contribution in [1.82, 2.24) is 44.4 Å². The van der Waals surface area contributed by atoms with Gasteiger partial charge < -0.3 is 70.0 Å². The minimum absolute atomic E-state index is 0.0237. The fourth-order valence-electron chi connectivity index (χ4n) is 8.64. The number of carbonyl (C=O) groups excluding carboxylic acids is 4. The fourth-order valence-corrected chi connectivity index (χ4v) is 16.8. The first-order chi connectivity index (χ1) is 53.8. The average molecular weight is 1830 g/mol. The molecule has 11 heterocycles. The maximum atomic E-state index is 12.8. The van der Waals surface area contributed by atoms with Crippen molar-refractivity contribution in [2.45, 2.75) is 192 Å². The molecule has 0 unspecified atom stereocenters. The summed E-state index contributed by atoms with van der Waals surface area (Å²) in [5.41, 5.74) is 13.8. The number of anilines is 2. The van der Waals surface area contributed by atoms with E-state index in [0.29, 0.717) is 84.9 Å². The van der Waals surface area contributed by atoms with E-state index in [9.17, 15) is 56.8 Å². The van der Waals surface area contributed by atoms with Gasteiger partial charge in [-0.2, -0.15) is 20.1 Å². The van der Waals surface area contributed by atoms with Crippen LogP contribution >= 0.6 is 114 Å². The minimum Gasteiger partial charge on any atom is -0.466 e. The molecule has 0 bridgehead atoms. The van der Waals surface area contributed by atoms with Crippen LogP contribution in [0.2, 0.25) is 4.34 Å². The summed E-state index contributed by atoms with van der Waals surface area (Å²) in [5.74, 6) is -0.151. The van der Waals surface area contributed by atoms with Gasteiger partial charge in [0.15, 0.2) is 43.1 Å². The van der Waals surface area contributed by atoms with E-state index in [0.717, 1.165) is 64.5 Å². The monoisotopic (exact) mass is 1830 g/mol. The van der Waals surface area contributed by atoms with E-state index in [4.69, 9.17) is 47.2 Å². The Balaban J connectivity index is 0.000000640. The van der Waals surface area contributed by atoms with Crippen LogP contribution in [-0.4, -0.2) is 154 Å². The summed E-state index contributed by atoms with van der Waals surface area (Å²) in [5, 5.41) is 73.4. The lowest BCUT2D eigenvalue weighted by molar-refractivity contribution is -0.142. The average Bonchev–Trinajstić information content (AvgIpc) is 1.65. The highest BCUT2D eigenvalue weighted by Crippen LogP contribution is 2.34. The standard InChI is InChI=1S/C9H14O3S2.C8H11NO2S.C8H12OS.C7H9NO2S.C7H11NO2.C7H11NOS.C6H6ClNO2S.C6H7FN2O2S.C6H8FNOS.C6H10N2O2.C4H5NS/c1-6-7(14(4,11)12)5-13-8(6)9(2,3)10;1-3-11-8(10)4-7-5-12-6(2)9-7;1-6-4-10-5-7(6)8(2,3)9;1-3-10-7(9)6-4-11-5(2)8-6;1-5-7(3-4-9)8-6(2)10-5;1-5-6(4-8-10-5)7(2,3)9;1-3-8-4(5(7)11-3)6(9)10-2;1-2-11-5(10)3-4(7)12-6(8)9-3;1-4-8-5(2-3-9)6(7)10-4;1-6(2,9)4-3-8-10-5(4)7;1-4-5-2-3-6-4/h5,10H,1-4H3;5H,3-4H2,1-2H3;4-5,9H,1-3H3;4H,3H2,1-2H3;9H,3-4H2,1-2H3;4,9H,1-3H3;1-2H3;2H2,1H3,(H2,8,9);9H,2-3H2,1H3;3,9H,7H2,1-2H3;2-3H,1H3. The number of methoxy groups -OCH3 is 1. The number of carbonyl (C=O) groups is 4. The van der Waals surface area contributed by atoms with Crippen LogP contribution in [0.1, 0.15) is 199 Å². The summed E-state index contributed by atoms with van der Waals surface area (Å²) in [6.45, 7) is 38.6. The van der Waals surface area contributed by atoms with Crippen LogP contribution in [-0.2, 0) is 75.2 Å². The molecule has 0 radical (unpaired) electrons. The van der Waals surface area contributed by atoms with Gasteiger partial charge in [0.2, 0.25) is 11.0 Å². The zero-order valence-electron chi connectivity index (χ0n) is 68.8. The summed E-state index contributed by atoms with van der Waals surface area (Å²) in [4.78, 5) is 73.2. The second-order valence-corrected chi connectivity index (χ2v) is 37.4. The number of thiophene rings is 2. The third-order valence-electron chi connectivity index (χ3n) is 13.7. The molecule has 0 aliphatic heterocycles. The largest absolute Gasteiger partial charge is 0.466 e. The Morgan fingerprint density at radius 3 is 1.49 bits per heavy atom. The van der Waals surface area contributed by atoms with Gasteiger partial charge in [0.25, 0.3) is 0 Å². The Kier molecular flexibility index (Phi) is 47.6. The van der Waals surface area contributed by atoms with Crippen molar-refractivity contribution in [2.24, 2.45) is 0 Å². The Morgan fingerprint density at radius 1 is 0.595 bits per heavy atom. The number of ether oxygens (including phenoxy) is 4. The molecule has 0 atom stereocenters. The van der Waals surface area contributed by atoms with Crippen molar-refractivity contribution in [3.05, 3.63) is 174 Å². The number of hydrogen-bond donors (Lipinski definition) is 8. The van der Waals surface area contributed by atoms with Crippen LogP contribution in [0.5, 0.6) is 0 Å². The molecule has 29 nitrogen and oxygen atoms in total. The van der Waals surface area contributed by atoms with Crippen LogP contribution in [0, 0.1) is 79.5 Å². The highest BCUT2D eigenvalue weighted by Gasteiger charge is 2.27. The number of halogens is 3. The molecule has 0 aliphatic carbocycles. The Labute approximate surface area is 716 Å². The van der Waals surface area contributed by atoms with E-state index < -0.39 is 49.3 Å². The van der Waals surface area contributed by atoms with E-state index in [-0.39, 0.29) is 65.7 Å². The second kappa shape index (κ2) is 51.8. The predicted octanol–water partition coefficient (Wildman–Crippen LogP) is 15.7. The first-order valence-electron chi connectivity index (χ1n) is 34.7. The number of aryl methyl sites for hydroxylation is 9. The van der Waals surface area contributed by atoms with Crippen molar-refractivity contribution in [2.75, 3.05) is 57.9 Å². The van der Waals surface area contributed by atoms with Crippen molar-refractivity contribution < 1.29 is 94.9 Å². The number of nitrogen functional groups attached to an aromatic ring is 2. The number of hydrogen-bond acceptors (Lipinski definition) is 38. The zero-order valence-corrected chi connectivity index (χ0v) is 77.8. The Bertz CT molecular complexity index is 4650. The SMILES string of the molecule is CC(C)(O)c1cnoc1N.CCOC(=O)Cc1csc(C)n1.CCOC(=O)c1csc(C)n1.CCOC(=O)c1nc(N)sc1F.COC(=O)c1nc(C)sc1Cl.Cc1c(S(C)(=O)=O)csc1C(C)(C)O.Cc1cscc1C(C)(C)O.Cc1nc(CCO)c(C)o1.Cc1nc(CCO)c(F)s1.Cc1nccs1.Cc1sncc1C(C)(C)O. The lowest BCUT2D eigenvalue weighted by Gasteiger charge is -2.16. The Morgan fingerprint density at radius 2 is 1.16 bits per heavy atom. The number of nitrogens with two attached hydrogens (primary N) is 2. The molecule has 11 aromatic heterocycles. The second-order valence-electron chi connectivity index (χ2n) is 25.7. The first-order valence-corrected chi connectivity index (χ1v) is 44.7. The van der Waals surface area contributed by atoms with Crippen LogP contribution in [0.15, 0.2) is 64.7 Å². The lowest BCUT2D eigenvalue weighted by atomic mass is 9.99. The van der Waals surface area contributed by atoms with Gasteiger partial charge in [-0.1, -0.05) is 39.4 Å². The van der Waals surface area contributed by atoms with E-state index in [1.54, 1.807) is 147 Å². The zero-order chi connectivity index (χ0) is 88.8. The van der Waals surface area contributed by atoms with Crippen molar-refractivity contribution in [3.8, 4) is 0 Å². The van der Waals surface area contributed by atoms with Gasteiger partial charge in [-0.05, 0) is 177 Å². The molecule has 116 heavy (non-hydrogen) atoms. The van der Waals surface area contributed by atoms with Crippen molar-refractivity contribution in [3.63, 3.8) is 0 Å². The molecule has 0 spiro atoms. The summed E-state index contributed by atoms with van der Waals surface area (Å²) in [6, 6.07) is 0. The van der Waals surface area contributed by atoms with Crippen molar-refractivity contribution >= 4 is 159 Å². The molecule has 11 aromatic rings. The molecular weight excluding hydrogens is 1720 g/mol. The molecule has 0 aromatic carbocycles. The normalized spacial score (nSPS) is 10.8.